The van der Waals surface area contributed by atoms with E-state index in [1.807, 2.05) is 0 Å². The first kappa shape index (κ1) is 15.3. The van der Waals surface area contributed by atoms with E-state index in [1.54, 1.807) is 0 Å². The molecule has 0 spiro atoms. The number of benzene rings is 1. The lowest BCUT2D eigenvalue weighted by molar-refractivity contribution is -0.140. The highest BCUT2D eigenvalue weighted by atomic mass is 35.5. The number of ketones is 1. The van der Waals surface area contributed by atoms with Gasteiger partial charge in [-0.1, -0.05) is 51.6 Å². The van der Waals surface area contributed by atoms with E-state index in [-0.39, 0.29) is 36.9 Å². The topological polar surface area (TPSA) is 55.7 Å². The SMILES string of the molecule is CC(=O)ON=C1C=CC(=O)c2c(Cl)c(Cl)c(Cl)c(Cl)c21. The highest BCUT2D eigenvalue weighted by Crippen LogP contribution is 2.43. The zero-order valence-electron chi connectivity index (χ0n) is 9.84. The van der Waals surface area contributed by atoms with Crippen LogP contribution in [0.25, 0.3) is 0 Å². The fourth-order valence-electron chi connectivity index (χ4n) is 1.61. The first-order chi connectivity index (χ1) is 9.34. The van der Waals surface area contributed by atoms with Crippen LogP contribution in [0.1, 0.15) is 22.8 Å². The molecule has 0 heterocycles. The molecule has 1 aliphatic rings. The molecular weight excluding hydrogens is 348 g/mol. The Hall–Kier alpha value is -1.07. The molecule has 1 aliphatic carbocycles. The van der Waals surface area contributed by atoms with Gasteiger partial charge in [-0.2, -0.15) is 0 Å². The van der Waals surface area contributed by atoms with Gasteiger partial charge in [0.1, 0.15) is 5.71 Å². The predicted molar refractivity (Wildman–Crippen MR) is 78.3 cm³/mol. The van der Waals surface area contributed by atoms with Crippen molar-refractivity contribution in [3.8, 4) is 0 Å². The van der Waals surface area contributed by atoms with E-state index >= 15 is 0 Å². The number of oxime groups is 1. The summed E-state index contributed by atoms with van der Waals surface area (Å²) >= 11 is 24.0. The zero-order chi connectivity index (χ0) is 15.0. The van der Waals surface area contributed by atoms with E-state index in [0.29, 0.717) is 0 Å². The Kier molecular flexibility index (Phi) is 4.39. The summed E-state index contributed by atoms with van der Waals surface area (Å²) in [6.45, 7) is 1.19. The average molecular weight is 353 g/mol. The van der Waals surface area contributed by atoms with E-state index in [9.17, 15) is 9.59 Å². The summed E-state index contributed by atoms with van der Waals surface area (Å²) in [6, 6.07) is 0. The number of carbonyl (C=O) groups is 2. The van der Waals surface area contributed by atoms with Crippen LogP contribution in [0.2, 0.25) is 20.1 Å². The minimum absolute atomic E-state index is 0.00397. The molecule has 0 aliphatic heterocycles. The molecule has 20 heavy (non-hydrogen) atoms. The van der Waals surface area contributed by atoms with E-state index in [4.69, 9.17) is 46.4 Å². The lowest BCUT2D eigenvalue weighted by Gasteiger charge is -2.17. The van der Waals surface area contributed by atoms with Crippen LogP contribution in [0.5, 0.6) is 0 Å². The molecule has 0 fully saturated rings. The standard InChI is InChI=1S/C12H5Cl4NO3/c1-4(18)20-17-5-2-3-6(19)8-7(5)9(13)11(15)12(16)10(8)14/h2-3H,1H3. The van der Waals surface area contributed by atoms with Crippen LogP contribution < -0.4 is 0 Å². The van der Waals surface area contributed by atoms with Crippen LogP contribution in [-0.2, 0) is 9.63 Å². The van der Waals surface area contributed by atoms with Crippen molar-refractivity contribution in [2.24, 2.45) is 5.16 Å². The Bertz CT molecular complexity index is 695. The van der Waals surface area contributed by atoms with Crippen LogP contribution in [0.3, 0.4) is 0 Å². The van der Waals surface area contributed by atoms with Crippen molar-refractivity contribution in [2.75, 3.05) is 0 Å². The fourth-order valence-corrected chi connectivity index (χ4v) is 2.66. The van der Waals surface area contributed by atoms with Gasteiger partial charge in [0, 0.05) is 12.5 Å². The Morgan fingerprint density at radius 3 is 2.10 bits per heavy atom. The summed E-state index contributed by atoms with van der Waals surface area (Å²) in [4.78, 5) is 27.3. The molecule has 1 aromatic carbocycles. The lowest BCUT2D eigenvalue weighted by Crippen LogP contribution is -2.15. The Labute approximate surface area is 133 Å². The van der Waals surface area contributed by atoms with Crippen molar-refractivity contribution in [1.82, 2.24) is 0 Å². The number of rotatable bonds is 1. The highest BCUT2D eigenvalue weighted by molar-refractivity contribution is 6.55. The number of nitrogens with zero attached hydrogens (tertiary/aromatic N) is 1. The van der Waals surface area contributed by atoms with Gasteiger partial charge in [-0.05, 0) is 12.2 Å². The Morgan fingerprint density at radius 2 is 1.55 bits per heavy atom. The van der Waals surface area contributed by atoms with Gasteiger partial charge in [-0.15, -0.1) is 0 Å². The molecule has 0 saturated carbocycles. The first-order valence-corrected chi connectivity index (χ1v) is 6.70. The van der Waals surface area contributed by atoms with Gasteiger partial charge in [0.25, 0.3) is 0 Å². The third kappa shape index (κ3) is 2.56. The summed E-state index contributed by atoms with van der Waals surface area (Å²) in [7, 11) is 0. The van der Waals surface area contributed by atoms with Crippen LogP contribution in [0.15, 0.2) is 17.3 Å². The number of hydrogen-bond acceptors (Lipinski definition) is 4. The molecule has 4 nitrogen and oxygen atoms in total. The van der Waals surface area contributed by atoms with Gasteiger partial charge in [-0.3, -0.25) is 4.79 Å². The maximum atomic E-state index is 11.9. The van der Waals surface area contributed by atoms with Gasteiger partial charge in [0.2, 0.25) is 0 Å². The van der Waals surface area contributed by atoms with Crippen molar-refractivity contribution < 1.29 is 14.4 Å². The maximum Gasteiger partial charge on any atom is 0.332 e. The van der Waals surface area contributed by atoms with E-state index < -0.39 is 11.8 Å². The van der Waals surface area contributed by atoms with Crippen LogP contribution in [-0.4, -0.2) is 17.5 Å². The van der Waals surface area contributed by atoms with Gasteiger partial charge in [0.15, 0.2) is 5.78 Å². The van der Waals surface area contributed by atoms with E-state index in [1.165, 1.54) is 19.1 Å². The second kappa shape index (κ2) is 5.74. The number of halogens is 4. The first-order valence-electron chi connectivity index (χ1n) is 5.19. The summed E-state index contributed by atoms with van der Waals surface area (Å²) in [5.74, 6) is -1.01. The largest absolute Gasteiger partial charge is 0.332 e. The number of allylic oxidation sites excluding steroid dienone is 2. The quantitative estimate of drug-likeness (QED) is 0.327. The predicted octanol–water partition coefficient (Wildman–Crippen LogP) is 4.32. The van der Waals surface area contributed by atoms with Crippen molar-refractivity contribution >= 4 is 63.9 Å². The maximum absolute atomic E-state index is 11.9. The van der Waals surface area contributed by atoms with Gasteiger partial charge >= 0.3 is 5.97 Å². The molecule has 0 saturated heterocycles. The molecule has 8 heteroatoms. The fraction of sp³-hybridized carbons (Fsp3) is 0.0833. The molecule has 0 atom stereocenters. The van der Waals surface area contributed by atoms with Crippen LogP contribution in [0, 0.1) is 0 Å². The molecule has 1 aromatic rings. The van der Waals surface area contributed by atoms with Crippen LogP contribution >= 0.6 is 46.4 Å². The summed E-state index contributed by atoms with van der Waals surface area (Å²) in [5.41, 5.74) is 0.402. The van der Waals surface area contributed by atoms with Crippen molar-refractivity contribution in [1.29, 1.82) is 0 Å². The van der Waals surface area contributed by atoms with Crippen LogP contribution in [0.4, 0.5) is 0 Å². The third-order valence-electron chi connectivity index (χ3n) is 2.43. The van der Waals surface area contributed by atoms with Crippen molar-refractivity contribution in [2.45, 2.75) is 6.92 Å². The average Bonchev–Trinajstić information content (AvgIpc) is 2.40. The number of fused-ring (bicyclic) bond motifs is 1. The van der Waals surface area contributed by atoms with Crippen molar-refractivity contribution in [3.05, 3.63) is 43.4 Å². The lowest BCUT2D eigenvalue weighted by atomic mass is 9.94. The van der Waals surface area contributed by atoms with Gasteiger partial charge in [0.05, 0.1) is 25.7 Å². The van der Waals surface area contributed by atoms with E-state index in [0.717, 1.165) is 0 Å². The second-order valence-corrected chi connectivity index (χ2v) is 5.27. The molecule has 0 radical (unpaired) electrons. The van der Waals surface area contributed by atoms with Gasteiger partial charge < -0.3 is 4.84 Å². The minimum Gasteiger partial charge on any atom is -0.318 e. The molecule has 104 valence electrons. The third-order valence-corrected chi connectivity index (χ3v) is 4.24. The van der Waals surface area contributed by atoms with Gasteiger partial charge in [-0.25, -0.2) is 4.79 Å². The molecule has 0 unspecified atom stereocenters. The summed E-state index contributed by atoms with van der Waals surface area (Å²) in [5, 5.41) is 3.58. The Morgan fingerprint density at radius 1 is 1.00 bits per heavy atom. The zero-order valence-corrected chi connectivity index (χ0v) is 12.9. The van der Waals surface area contributed by atoms with E-state index in [2.05, 4.69) is 9.99 Å². The highest BCUT2D eigenvalue weighted by Gasteiger charge is 2.29. The number of carbonyl (C=O) groups excluding carboxylic acids is 2. The smallest absolute Gasteiger partial charge is 0.318 e. The molecule has 2 rings (SSSR count). The summed E-state index contributed by atoms with van der Waals surface area (Å²) in [6.07, 6.45) is 2.57. The minimum atomic E-state index is -0.619. The normalized spacial score (nSPS) is 15.4. The Balaban J connectivity index is 2.75. The molecular formula is C12H5Cl4NO3. The molecule has 0 N–H and O–H groups in total. The molecule has 0 aromatic heterocycles. The second-order valence-electron chi connectivity index (χ2n) is 3.76. The monoisotopic (exact) mass is 351 g/mol. The summed E-state index contributed by atoms with van der Waals surface area (Å²) < 4.78 is 0. The molecule has 0 bridgehead atoms. The van der Waals surface area contributed by atoms with Crippen molar-refractivity contribution in [3.63, 3.8) is 0 Å². The number of hydrogen-bond donors (Lipinski definition) is 0. The molecule has 0 amide bonds.